The molecule has 3 nitrogen and oxygen atoms in total. The van der Waals surface area contributed by atoms with Crippen molar-refractivity contribution in [3.63, 3.8) is 0 Å². The molecule has 0 radical (unpaired) electrons. The summed E-state index contributed by atoms with van der Waals surface area (Å²) in [6.45, 7) is 7.32. The third kappa shape index (κ3) is 4.04. The van der Waals surface area contributed by atoms with E-state index in [1.165, 1.54) is 58.8 Å². The van der Waals surface area contributed by atoms with Gasteiger partial charge >= 0.3 is 0 Å². The van der Waals surface area contributed by atoms with Crippen molar-refractivity contribution < 1.29 is 0 Å². The number of anilines is 1. The van der Waals surface area contributed by atoms with Crippen LogP contribution in [0, 0.1) is 20.8 Å². The summed E-state index contributed by atoms with van der Waals surface area (Å²) in [4.78, 5) is 2.43. The molecule has 29 heavy (non-hydrogen) atoms. The van der Waals surface area contributed by atoms with Crippen molar-refractivity contribution in [1.29, 1.82) is 0 Å². The maximum absolute atomic E-state index is 5.98. The number of hydrogen-bond donors (Lipinski definition) is 1. The zero-order valence-electron chi connectivity index (χ0n) is 18.0. The van der Waals surface area contributed by atoms with Gasteiger partial charge in [0.2, 0.25) is 0 Å². The number of hydrogen-bond acceptors (Lipinski definition) is 1. The summed E-state index contributed by atoms with van der Waals surface area (Å²) >= 11 is 5.98. The summed E-state index contributed by atoms with van der Waals surface area (Å²) in [6.07, 6.45) is 7.29. The fourth-order valence-electron chi connectivity index (χ4n) is 4.87. The highest BCUT2D eigenvalue weighted by atomic mass is 32.1. The van der Waals surface area contributed by atoms with Crippen LogP contribution in [0.2, 0.25) is 0 Å². The van der Waals surface area contributed by atoms with Crippen LogP contribution in [-0.2, 0) is 13.6 Å². The van der Waals surface area contributed by atoms with Crippen molar-refractivity contribution >= 4 is 33.9 Å². The smallest absolute Gasteiger partial charge is 0.173 e. The molecule has 152 valence electrons. The lowest BCUT2D eigenvalue weighted by molar-refractivity contribution is 0.313. The van der Waals surface area contributed by atoms with Gasteiger partial charge in [-0.2, -0.15) is 0 Å². The number of aryl methyl sites for hydroxylation is 4. The Bertz CT molecular complexity index is 1020. The highest BCUT2D eigenvalue weighted by Gasteiger charge is 2.26. The fraction of sp³-hybridized carbons (Fsp3) is 0.400. The molecule has 4 heteroatoms. The summed E-state index contributed by atoms with van der Waals surface area (Å²) in [6, 6.07) is 13.6. The van der Waals surface area contributed by atoms with Gasteiger partial charge in [0, 0.05) is 42.4 Å². The molecule has 0 spiro atoms. The normalized spacial score (nSPS) is 14.5. The van der Waals surface area contributed by atoms with Crippen LogP contribution in [0.5, 0.6) is 0 Å². The van der Waals surface area contributed by atoms with Crippen LogP contribution >= 0.6 is 12.2 Å². The van der Waals surface area contributed by atoms with Gasteiger partial charge in [-0.25, -0.2) is 0 Å². The van der Waals surface area contributed by atoms with Crippen molar-refractivity contribution in [2.24, 2.45) is 7.05 Å². The van der Waals surface area contributed by atoms with Crippen molar-refractivity contribution in [3.05, 3.63) is 64.8 Å². The molecular formula is C25H31N3S. The molecule has 1 heterocycles. The van der Waals surface area contributed by atoms with Gasteiger partial charge in [-0.05, 0) is 68.6 Å². The first-order valence-electron chi connectivity index (χ1n) is 10.6. The minimum atomic E-state index is 0.514. The minimum absolute atomic E-state index is 0.514. The monoisotopic (exact) mass is 405 g/mol. The molecule has 1 N–H and O–H groups in total. The SMILES string of the molecule is Cc1cc(C)c(NC(=S)N(Cc2cn(C)c3ccccc23)C2CCCC2)c(C)c1. The number of thiocarbonyl (C=S) groups is 1. The summed E-state index contributed by atoms with van der Waals surface area (Å²) in [5, 5.41) is 5.78. The molecule has 1 aliphatic carbocycles. The second kappa shape index (κ2) is 8.19. The largest absolute Gasteiger partial charge is 0.350 e. The molecule has 0 bridgehead atoms. The zero-order valence-corrected chi connectivity index (χ0v) is 18.8. The Balaban J connectivity index is 1.64. The lowest BCUT2D eigenvalue weighted by atomic mass is 10.1. The third-order valence-electron chi connectivity index (χ3n) is 6.26. The lowest BCUT2D eigenvalue weighted by Gasteiger charge is -2.32. The molecule has 1 aliphatic rings. The molecule has 4 rings (SSSR count). The van der Waals surface area contributed by atoms with E-state index in [4.69, 9.17) is 12.2 Å². The molecule has 0 atom stereocenters. The minimum Gasteiger partial charge on any atom is -0.350 e. The van der Waals surface area contributed by atoms with E-state index in [2.05, 4.69) is 85.2 Å². The van der Waals surface area contributed by atoms with Crippen LogP contribution in [0.1, 0.15) is 47.9 Å². The van der Waals surface area contributed by atoms with Crippen LogP contribution < -0.4 is 5.32 Å². The number of nitrogens with one attached hydrogen (secondary N) is 1. The zero-order chi connectivity index (χ0) is 20.5. The first kappa shape index (κ1) is 20.0. The molecule has 1 aromatic heterocycles. The summed E-state index contributed by atoms with van der Waals surface area (Å²) in [5.74, 6) is 0. The molecular weight excluding hydrogens is 374 g/mol. The average Bonchev–Trinajstić information content (AvgIpc) is 3.31. The fourth-order valence-corrected chi connectivity index (χ4v) is 5.19. The number of fused-ring (bicyclic) bond motifs is 1. The van der Waals surface area contributed by atoms with Crippen LogP contribution in [0.4, 0.5) is 5.69 Å². The van der Waals surface area contributed by atoms with E-state index < -0.39 is 0 Å². The standard InChI is InChI=1S/C25H31N3S/c1-17-13-18(2)24(19(3)14-17)26-25(29)28(21-9-5-6-10-21)16-20-15-27(4)23-12-8-7-11-22(20)23/h7-8,11-15,21H,5-6,9-10,16H2,1-4H3,(H,26,29). The predicted octanol–water partition coefficient (Wildman–Crippen LogP) is 6.25. The maximum atomic E-state index is 5.98. The number of rotatable bonds is 4. The Hall–Kier alpha value is -2.33. The van der Waals surface area contributed by atoms with Crippen LogP contribution in [0.15, 0.2) is 42.6 Å². The van der Waals surface area contributed by atoms with Crippen molar-refractivity contribution in [2.75, 3.05) is 5.32 Å². The maximum Gasteiger partial charge on any atom is 0.173 e. The Labute approximate surface area is 179 Å². The number of aromatic nitrogens is 1. The summed E-state index contributed by atoms with van der Waals surface area (Å²) < 4.78 is 2.22. The molecule has 0 amide bonds. The Morgan fingerprint density at radius 2 is 1.76 bits per heavy atom. The van der Waals surface area contributed by atoms with E-state index in [-0.39, 0.29) is 0 Å². The van der Waals surface area contributed by atoms with E-state index in [0.717, 1.165) is 17.3 Å². The van der Waals surface area contributed by atoms with Gasteiger partial charge in [0.1, 0.15) is 0 Å². The van der Waals surface area contributed by atoms with Crippen molar-refractivity contribution in [3.8, 4) is 0 Å². The van der Waals surface area contributed by atoms with Gasteiger partial charge in [0.05, 0.1) is 0 Å². The number of nitrogens with zero attached hydrogens (tertiary/aromatic N) is 2. The van der Waals surface area contributed by atoms with Crippen molar-refractivity contribution in [2.45, 2.75) is 59.0 Å². The molecule has 1 fully saturated rings. The van der Waals surface area contributed by atoms with E-state index in [1.54, 1.807) is 0 Å². The van der Waals surface area contributed by atoms with Crippen LogP contribution in [0.25, 0.3) is 10.9 Å². The van der Waals surface area contributed by atoms with Crippen molar-refractivity contribution in [1.82, 2.24) is 9.47 Å². The predicted molar refractivity (Wildman–Crippen MR) is 128 cm³/mol. The highest BCUT2D eigenvalue weighted by Crippen LogP contribution is 2.30. The highest BCUT2D eigenvalue weighted by molar-refractivity contribution is 7.80. The quantitative estimate of drug-likeness (QED) is 0.518. The molecule has 3 aromatic rings. The molecule has 0 saturated heterocycles. The van der Waals surface area contributed by atoms with Gasteiger partial charge in [0.25, 0.3) is 0 Å². The first-order chi connectivity index (χ1) is 13.9. The molecule has 0 unspecified atom stereocenters. The molecule has 1 saturated carbocycles. The lowest BCUT2D eigenvalue weighted by Crippen LogP contribution is -2.41. The second-order valence-corrected chi connectivity index (χ2v) is 8.94. The molecule has 2 aromatic carbocycles. The second-order valence-electron chi connectivity index (χ2n) is 8.55. The van der Waals surface area contributed by atoms with E-state index >= 15 is 0 Å². The van der Waals surface area contributed by atoms with E-state index in [1.807, 2.05) is 0 Å². The Morgan fingerprint density at radius 1 is 1.10 bits per heavy atom. The van der Waals surface area contributed by atoms with Gasteiger partial charge in [-0.1, -0.05) is 48.7 Å². The average molecular weight is 406 g/mol. The number of para-hydroxylation sites is 1. The van der Waals surface area contributed by atoms with Gasteiger partial charge < -0.3 is 14.8 Å². The summed E-state index contributed by atoms with van der Waals surface area (Å²) in [7, 11) is 2.13. The van der Waals surface area contributed by atoms with E-state index in [0.29, 0.717) is 6.04 Å². The molecule has 0 aliphatic heterocycles. The number of benzene rings is 2. The van der Waals surface area contributed by atoms with Gasteiger partial charge in [-0.15, -0.1) is 0 Å². The topological polar surface area (TPSA) is 20.2 Å². The first-order valence-corrected chi connectivity index (χ1v) is 11.0. The third-order valence-corrected chi connectivity index (χ3v) is 6.59. The summed E-state index contributed by atoms with van der Waals surface area (Å²) in [5.41, 5.74) is 7.57. The Kier molecular flexibility index (Phi) is 5.64. The van der Waals surface area contributed by atoms with Gasteiger partial charge in [-0.3, -0.25) is 0 Å². The Morgan fingerprint density at radius 3 is 2.45 bits per heavy atom. The van der Waals surface area contributed by atoms with Crippen LogP contribution in [-0.4, -0.2) is 20.6 Å². The van der Waals surface area contributed by atoms with Gasteiger partial charge in [0.15, 0.2) is 5.11 Å². The van der Waals surface area contributed by atoms with E-state index in [9.17, 15) is 0 Å². The van der Waals surface area contributed by atoms with Crippen LogP contribution in [0.3, 0.4) is 0 Å².